The van der Waals surface area contributed by atoms with Crippen molar-refractivity contribution in [3.05, 3.63) is 12.2 Å². The Balaban J connectivity index is 2.78. The second-order valence-corrected chi connectivity index (χ2v) is 1.90. The number of nitrogens with zero attached hydrogens (tertiary/aromatic N) is 1. The Morgan fingerprint density at radius 2 is 2.44 bits per heavy atom. The fourth-order valence-electron chi connectivity index (χ4n) is 0.756. The fraction of sp³-hybridized carbons (Fsp3) is 0.333. The first kappa shape index (κ1) is 6.01. The lowest BCUT2D eigenvalue weighted by Gasteiger charge is -2.04. The van der Waals surface area contributed by atoms with Gasteiger partial charge in [-0.3, -0.25) is 5.41 Å². The van der Waals surface area contributed by atoms with Crippen LogP contribution in [-0.2, 0) is 0 Å². The van der Waals surface area contributed by atoms with Gasteiger partial charge < -0.3 is 5.21 Å². The van der Waals surface area contributed by atoms with E-state index in [9.17, 15) is 0 Å². The molecule has 2 N–H and O–H groups in total. The molecule has 0 amide bonds. The minimum Gasteiger partial charge on any atom is -0.411 e. The lowest BCUT2D eigenvalue weighted by atomic mass is 10.0. The van der Waals surface area contributed by atoms with E-state index in [-0.39, 0.29) is 0 Å². The van der Waals surface area contributed by atoms with Gasteiger partial charge in [0.1, 0.15) is 5.71 Å². The van der Waals surface area contributed by atoms with Gasteiger partial charge in [0.15, 0.2) is 0 Å². The molecule has 1 aliphatic rings. The SMILES string of the molecule is N=C1C=CCCC1=NO. The Labute approximate surface area is 53.2 Å². The van der Waals surface area contributed by atoms with Crippen molar-refractivity contribution < 1.29 is 5.21 Å². The molecule has 0 bridgehead atoms. The predicted octanol–water partition coefficient (Wildman–Crippen LogP) is 1.19. The Morgan fingerprint density at radius 3 is 2.89 bits per heavy atom. The minimum absolute atomic E-state index is 0.323. The third kappa shape index (κ3) is 1.16. The standard InChI is InChI=1S/C6H8N2O/c7-5-3-1-2-4-6(5)8-9/h1,3,7,9H,2,4H2. The lowest BCUT2D eigenvalue weighted by Crippen LogP contribution is -2.13. The van der Waals surface area contributed by atoms with Crippen LogP contribution >= 0.6 is 0 Å². The Kier molecular flexibility index (Phi) is 1.63. The first-order valence-corrected chi connectivity index (χ1v) is 2.81. The predicted molar refractivity (Wildman–Crippen MR) is 35.3 cm³/mol. The largest absolute Gasteiger partial charge is 0.411 e. The molecular formula is C6H8N2O. The first-order valence-electron chi connectivity index (χ1n) is 2.81. The summed E-state index contributed by atoms with van der Waals surface area (Å²) in [6, 6.07) is 0. The maximum absolute atomic E-state index is 8.27. The Bertz CT molecular complexity index is 181. The highest BCUT2D eigenvalue weighted by Crippen LogP contribution is 2.03. The van der Waals surface area contributed by atoms with Crippen LogP contribution in [0.25, 0.3) is 0 Å². The molecule has 0 atom stereocenters. The molecule has 0 aromatic rings. The van der Waals surface area contributed by atoms with Gasteiger partial charge in [-0.15, -0.1) is 0 Å². The minimum atomic E-state index is 0.323. The van der Waals surface area contributed by atoms with Gasteiger partial charge in [-0.1, -0.05) is 11.2 Å². The molecule has 0 heterocycles. The van der Waals surface area contributed by atoms with Crippen LogP contribution < -0.4 is 0 Å². The molecule has 0 radical (unpaired) electrons. The molecule has 3 nitrogen and oxygen atoms in total. The highest BCUT2D eigenvalue weighted by Gasteiger charge is 2.06. The molecule has 48 valence electrons. The number of allylic oxidation sites excluding steroid dienone is 2. The van der Waals surface area contributed by atoms with Crippen molar-refractivity contribution in [1.82, 2.24) is 0 Å². The van der Waals surface area contributed by atoms with Crippen molar-refractivity contribution in [1.29, 1.82) is 5.41 Å². The highest BCUT2D eigenvalue weighted by molar-refractivity contribution is 6.45. The van der Waals surface area contributed by atoms with Crippen molar-refractivity contribution in [2.24, 2.45) is 5.16 Å². The normalized spacial score (nSPS) is 23.1. The van der Waals surface area contributed by atoms with E-state index in [4.69, 9.17) is 10.6 Å². The van der Waals surface area contributed by atoms with Crippen molar-refractivity contribution >= 4 is 11.4 Å². The average Bonchev–Trinajstić information content (AvgIpc) is 1.89. The zero-order chi connectivity index (χ0) is 6.69. The van der Waals surface area contributed by atoms with Crippen LogP contribution in [0.4, 0.5) is 0 Å². The van der Waals surface area contributed by atoms with E-state index in [1.54, 1.807) is 6.08 Å². The van der Waals surface area contributed by atoms with Crippen LogP contribution in [0.1, 0.15) is 12.8 Å². The number of nitrogens with one attached hydrogen (secondary N) is 1. The van der Waals surface area contributed by atoms with E-state index in [1.165, 1.54) is 0 Å². The summed E-state index contributed by atoms with van der Waals surface area (Å²) < 4.78 is 0. The van der Waals surface area contributed by atoms with Crippen molar-refractivity contribution in [3.8, 4) is 0 Å². The Hall–Kier alpha value is -1.12. The molecule has 0 saturated heterocycles. The van der Waals surface area contributed by atoms with E-state index < -0.39 is 0 Å². The van der Waals surface area contributed by atoms with Crippen molar-refractivity contribution in [2.45, 2.75) is 12.8 Å². The van der Waals surface area contributed by atoms with Gasteiger partial charge in [0.25, 0.3) is 0 Å². The van der Waals surface area contributed by atoms with Gasteiger partial charge in [0.05, 0.1) is 5.71 Å². The van der Waals surface area contributed by atoms with Gasteiger partial charge in [0, 0.05) is 0 Å². The highest BCUT2D eigenvalue weighted by atomic mass is 16.4. The maximum atomic E-state index is 8.27. The van der Waals surface area contributed by atoms with Crippen LogP contribution in [-0.4, -0.2) is 16.6 Å². The van der Waals surface area contributed by atoms with Gasteiger partial charge >= 0.3 is 0 Å². The zero-order valence-electron chi connectivity index (χ0n) is 4.96. The number of hydrogen-bond acceptors (Lipinski definition) is 3. The number of oxime groups is 1. The molecule has 1 rings (SSSR count). The first-order chi connectivity index (χ1) is 4.34. The summed E-state index contributed by atoms with van der Waals surface area (Å²) in [6.07, 6.45) is 5.11. The molecular weight excluding hydrogens is 116 g/mol. The quantitative estimate of drug-likeness (QED) is 0.370. The molecule has 0 aliphatic heterocycles. The monoisotopic (exact) mass is 124 g/mol. The van der Waals surface area contributed by atoms with E-state index in [0.29, 0.717) is 17.8 Å². The zero-order valence-corrected chi connectivity index (χ0v) is 4.96. The molecule has 1 aliphatic carbocycles. The van der Waals surface area contributed by atoms with Crippen molar-refractivity contribution in [3.63, 3.8) is 0 Å². The van der Waals surface area contributed by atoms with E-state index in [1.807, 2.05) is 6.08 Å². The van der Waals surface area contributed by atoms with Gasteiger partial charge in [-0.2, -0.15) is 0 Å². The molecule has 0 spiro atoms. The summed E-state index contributed by atoms with van der Waals surface area (Å²) in [5.41, 5.74) is 0.807. The summed E-state index contributed by atoms with van der Waals surface area (Å²) in [7, 11) is 0. The molecule has 0 aromatic carbocycles. The maximum Gasteiger partial charge on any atom is 0.105 e. The molecule has 0 fully saturated rings. The molecule has 9 heavy (non-hydrogen) atoms. The van der Waals surface area contributed by atoms with Crippen LogP contribution in [0.15, 0.2) is 17.3 Å². The summed E-state index contributed by atoms with van der Waals surface area (Å²) in [4.78, 5) is 0. The van der Waals surface area contributed by atoms with Crippen LogP contribution in [0.3, 0.4) is 0 Å². The Morgan fingerprint density at radius 1 is 1.67 bits per heavy atom. The molecule has 0 aromatic heterocycles. The second kappa shape index (κ2) is 2.44. The van der Waals surface area contributed by atoms with Crippen molar-refractivity contribution in [2.75, 3.05) is 0 Å². The second-order valence-electron chi connectivity index (χ2n) is 1.90. The lowest BCUT2D eigenvalue weighted by molar-refractivity contribution is 0.319. The number of hydrogen-bond donors (Lipinski definition) is 2. The van der Waals surface area contributed by atoms with Crippen LogP contribution in [0.2, 0.25) is 0 Å². The van der Waals surface area contributed by atoms with Gasteiger partial charge in [0.2, 0.25) is 0 Å². The third-order valence-corrected chi connectivity index (χ3v) is 1.26. The van der Waals surface area contributed by atoms with Gasteiger partial charge in [-0.05, 0) is 18.9 Å². The number of rotatable bonds is 0. The summed E-state index contributed by atoms with van der Waals surface area (Å²) in [5.74, 6) is 0. The van der Waals surface area contributed by atoms with Crippen LogP contribution in [0, 0.1) is 5.41 Å². The molecule has 3 heteroatoms. The van der Waals surface area contributed by atoms with E-state index in [0.717, 1.165) is 6.42 Å². The summed E-state index contributed by atoms with van der Waals surface area (Å²) >= 11 is 0. The fourth-order valence-corrected chi connectivity index (χ4v) is 0.756. The molecule has 0 unspecified atom stereocenters. The third-order valence-electron chi connectivity index (χ3n) is 1.26. The van der Waals surface area contributed by atoms with Gasteiger partial charge in [-0.25, -0.2) is 0 Å². The summed E-state index contributed by atoms with van der Waals surface area (Å²) in [6.45, 7) is 0. The van der Waals surface area contributed by atoms with E-state index >= 15 is 0 Å². The average molecular weight is 124 g/mol. The van der Waals surface area contributed by atoms with E-state index in [2.05, 4.69) is 5.16 Å². The smallest absolute Gasteiger partial charge is 0.105 e. The van der Waals surface area contributed by atoms with Crippen LogP contribution in [0.5, 0.6) is 0 Å². The summed E-state index contributed by atoms with van der Waals surface area (Å²) in [5, 5.41) is 18.4. The topological polar surface area (TPSA) is 56.4 Å². The molecule has 0 saturated carbocycles.